The minimum absolute atomic E-state index is 0.0471. The van der Waals surface area contributed by atoms with Crippen LogP contribution in [0.15, 0.2) is 42.6 Å². The number of benzene rings is 1. The van der Waals surface area contributed by atoms with Crippen molar-refractivity contribution < 1.29 is 4.79 Å². The van der Waals surface area contributed by atoms with Crippen molar-refractivity contribution >= 4 is 40.4 Å². The number of H-pyrrole nitrogens is 1. The largest absolute Gasteiger partial charge is 0.382 e. The van der Waals surface area contributed by atoms with Crippen molar-refractivity contribution in [1.29, 1.82) is 0 Å². The van der Waals surface area contributed by atoms with Crippen LogP contribution < -0.4 is 11.1 Å². The fourth-order valence-corrected chi connectivity index (χ4v) is 2.55. The van der Waals surface area contributed by atoms with Gasteiger partial charge in [-0.25, -0.2) is 9.97 Å². The maximum atomic E-state index is 12.3. The first-order chi connectivity index (χ1) is 12.0. The predicted molar refractivity (Wildman–Crippen MR) is 100 cm³/mol. The van der Waals surface area contributed by atoms with Gasteiger partial charge in [0.15, 0.2) is 5.82 Å². The van der Waals surface area contributed by atoms with Crippen LogP contribution in [0.3, 0.4) is 0 Å². The van der Waals surface area contributed by atoms with Crippen LogP contribution in [0.1, 0.15) is 29.5 Å². The van der Waals surface area contributed by atoms with Gasteiger partial charge in [0.1, 0.15) is 5.82 Å². The number of para-hydroxylation sites is 2. The first kappa shape index (κ1) is 17.0. The minimum atomic E-state index is -0.228. The average molecular weight is 356 g/mol. The molecule has 1 aromatic carbocycles. The zero-order chi connectivity index (χ0) is 17.8. The molecule has 0 fully saturated rings. The topological polar surface area (TPSA) is 96.7 Å². The Morgan fingerprint density at radius 1 is 1.44 bits per heavy atom. The van der Waals surface area contributed by atoms with E-state index in [1.807, 2.05) is 43.3 Å². The molecule has 3 aromatic rings. The van der Waals surface area contributed by atoms with Gasteiger partial charge in [0.05, 0.1) is 16.1 Å². The number of imidazole rings is 1. The number of fused-ring (bicyclic) bond motifs is 1. The summed E-state index contributed by atoms with van der Waals surface area (Å²) >= 11 is 5.94. The molecule has 25 heavy (non-hydrogen) atoms. The van der Waals surface area contributed by atoms with Crippen LogP contribution in [-0.4, -0.2) is 26.9 Å². The molecule has 0 unspecified atom stereocenters. The Morgan fingerprint density at radius 3 is 3.00 bits per heavy atom. The van der Waals surface area contributed by atoms with E-state index in [1.165, 1.54) is 0 Å². The molecule has 1 atom stereocenters. The molecular weight excluding hydrogens is 338 g/mol. The fourth-order valence-electron chi connectivity index (χ4n) is 2.37. The molecule has 7 heteroatoms. The van der Waals surface area contributed by atoms with Crippen LogP contribution in [0.2, 0.25) is 5.02 Å². The number of hydrogen-bond donors (Lipinski definition) is 3. The summed E-state index contributed by atoms with van der Waals surface area (Å²) in [4.78, 5) is 23.6. The molecule has 0 aliphatic carbocycles. The number of rotatable bonds is 5. The molecule has 0 aliphatic heterocycles. The van der Waals surface area contributed by atoms with Crippen molar-refractivity contribution in [3.05, 3.63) is 59.0 Å². The number of aromatic amines is 1. The van der Waals surface area contributed by atoms with Crippen LogP contribution in [0.25, 0.3) is 17.1 Å². The molecule has 0 aliphatic rings. The van der Waals surface area contributed by atoms with Crippen LogP contribution in [0.4, 0.5) is 5.82 Å². The number of nitrogens with two attached hydrogens (primary N) is 1. The van der Waals surface area contributed by atoms with Crippen LogP contribution >= 0.6 is 11.6 Å². The van der Waals surface area contributed by atoms with Crippen molar-refractivity contribution in [1.82, 2.24) is 20.3 Å². The zero-order valence-corrected chi connectivity index (χ0v) is 14.4. The molecule has 0 spiro atoms. The molecule has 0 saturated heterocycles. The highest BCUT2D eigenvalue weighted by Crippen LogP contribution is 2.17. The second kappa shape index (κ2) is 7.36. The maximum Gasteiger partial charge on any atom is 0.287 e. The highest BCUT2D eigenvalue weighted by molar-refractivity contribution is 6.32. The van der Waals surface area contributed by atoms with E-state index < -0.39 is 0 Å². The lowest BCUT2D eigenvalue weighted by atomic mass is 10.2. The van der Waals surface area contributed by atoms with Crippen LogP contribution in [0, 0.1) is 0 Å². The second-order valence-corrected chi connectivity index (χ2v) is 6.16. The molecule has 3 rings (SSSR count). The van der Waals surface area contributed by atoms with Gasteiger partial charge in [-0.05, 0) is 37.1 Å². The molecular formula is C18H18ClN5O. The molecule has 6 nitrogen and oxygen atoms in total. The second-order valence-electron chi connectivity index (χ2n) is 5.75. The van der Waals surface area contributed by atoms with Gasteiger partial charge < -0.3 is 16.0 Å². The molecule has 4 N–H and O–H groups in total. The van der Waals surface area contributed by atoms with Crippen molar-refractivity contribution in [2.24, 2.45) is 0 Å². The first-order valence-corrected chi connectivity index (χ1v) is 8.24. The number of halogens is 1. The number of carbonyl (C=O) groups is 1. The first-order valence-electron chi connectivity index (χ1n) is 7.86. The Balaban J connectivity index is 1.58. The van der Waals surface area contributed by atoms with E-state index in [-0.39, 0.29) is 11.9 Å². The van der Waals surface area contributed by atoms with Gasteiger partial charge >= 0.3 is 0 Å². The van der Waals surface area contributed by atoms with Gasteiger partial charge in [0.2, 0.25) is 0 Å². The molecule has 2 heterocycles. The molecule has 2 aromatic heterocycles. The molecule has 1 amide bonds. The molecule has 0 radical (unpaired) electrons. The third-order valence-electron chi connectivity index (χ3n) is 3.67. The van der Waals surface area contributed by atoms with E-state index in [2.05, 4.69) is 20.3 Å². The van der Waals surface area contributed by atoms with Crippen molar-refractivity contribution in [2.45, 2.75) is 19.4 Å². The Bertz CT molecular complexity index is 901. The van der Waals surface area contributed by atoms with E-state index in [4.69, 9.17) is 17.3 Å². The summed E-state index contributed by atoms with van der Waals surface area (Å²) in [5.74, 6) is 0.395. The number of carbonyl (C=O) groups excluding carboxylic acids is 1. The van der Waals surface area contributed by atoms with Crippen LogP contribution in [-0.2, 0) is 0 Å². The number of hydrogen-bond acceptors (Lipinski definition) is 4. The summed E-state index contributed by atoms with van der Waals surface area (Å²) < 4.78 is 0. The SMILES string of the molecule is C[C@@H](C/C=C/c1cnc(N)c(Cl)c1)NC(=O)c1nc2ccccc2[nH]1. The van der Waals surface area contributed by atoms with Gasteiger partial charge in [0.25, 0.3) is 5.91 Å². The van der Waals surface area contributed by atoms with Gasteiger partial charge in [-0.3, -0.25) is 4.79 Å². The molecule has 0 bridgehead atoms. The number of nitrogen functional groups attached to an aromatic ring is 1. The number of aromatic nitrogens is 3. The number of nitrogens with one attached hydrogen (secondary N) is 2. The number of amides is 1. The summed E-state index contributed by atoms with van der Waals surface area (Å²) in [7, 11) is 0. The standard InChI is InChI=1S/C18H18ClN5O/c1-11(5-4-6-12-9-13(19)16(20)21-10-12)22-18(25)17-23-14-7-2-3-8-15(14)24-17/h2-4,6-11H,5H2,1H3,(H2,20,21)(H,22,25)(H,23,24)/b6-4+/t11-/m0/s1. The van der Waals surface area contributed by atoms with E-state index >= 15 is 0 Å². The summed E-state index contributed by atoms with van der Waals surface area (Å²) in [5.41, 5.74) is 8.05. The Morgan fingerprint density at radius 2 is 2.24 bits per heavy atom. The third-order valence-corrected chi connectivity index (χ3v) is 3.98. The number of anilines is 1. The van der Waals surface area contributed by atoms with Gasteiger partial charge in [-0.2, -0.15) is 0 Å². The fraction of sp³-hybridized carbons (Fsp3) is 0.167. The monoisotopic (exact) mass is 355 g/mol. The van der Waals surface area contributed by atoms with Crippen LogP contribution in [0.5, 0.6) is 0 Å². The van der Waals surface area contributed by atoms with Crippen molar-refractivity contribution in [2.75, 3.05) is 5.73 Å². The summed E-state index contributed by atoms with van der Waals surface area (Å²) in [6.45, 7) is 1.93. The summed E-state index contributed by atoms with van der Waals surface area (Å²) in [5, 5.41) is 3.34. The van der Waals surface area contributed by atoms with Gasteiger partial charge in [0, 0.05) is 12.2 Å². The van der Waals surface area contributed by atoms with E-state index in [1.54, 1.807) is 12.3 Å². The maximum absolute atomic E-state index is 12.3. The van der Waals surface area contributed by atoms with Crippen molar-refractivity contribution in [3.63, 3.8) is 0 Å². The normalized spacial score (nSPS) is 12.6. The zero-order valence-electron chi connectivity index (χ0n) is 13.7. The van der Waals surface area contributed by atoms with E-state index in [0.29, 0.717) is 23.1 Å². The lowest BCUT2D eigenvalue weighted by molar-refractivity contribution is 0.0931. The lowest BCUT2D eigenvalue weighted by Gasteiger charge is -2.10. The minimum Gasteiger partial charge on any atom is -0.382 e. The Kier molecular flexibility index (Phi) is 5.00. The third kappa shape index (κ3) is 4.16. The van der Waals surface area contributed by atoms with Gasteiger partial charge in [-0.15, -0.1) is 0 Å². The number of nitrogens with zero attached hydrogens (tertiary/aromatic N) is 2. The smallest absolute Gasteiger partial charge is 0.287 e. The summed E-state index contributed by atoms with van der Waals surface area (Å²) in [6.07, 6.45) is 6.15. The Hall–Kier alpha value is -2.86. The Labute approximate surface area is 150 Å². The van der Waals surface area contributed by atoms with Gasteiger partial charge in [-0.1, -0.05) is 35.9 Å². The quantitative estimate of drug-likeness (QED) is 0.653. The average Bonchev–Trinajstić information content (AvgIpc) is 3.02. The highest BCUT2D eigenvalue weighted by atomic mass is 35.5. The molecule has 128 valence electrons. The lowest BCUT2D eigenvalue weighted by Crippen LogP contribution is -2.32. The van der Waals surface area contributed by atoms with E-state index in [0.717, 1.165) is 16.6 Å². The predicted octanol–water partition coefficient (Wildman–Crippen LogP) is 3.42. The highest BCUT2D eigenvalue weighted by Gasteiger charge is 2.13. The molecule has 0 saturated carbocycles. The number of pyridine rings is 1. The summed E-state index contributed by atoms with van der Waals surface area (Å²) in [6, 6.07) is 9.23. The van der Waals surface area contributed by atoms with Crippen molar-refractivity contribution in [3.8, 4) is 0 Å². The van der Waals surface area contributed by atoms with E-state index in [9.17, 15) is 4.79 Å².